The van der Waals surface area contributed by atoms with Gasteiger partial charge in [-0.2, -0.15) is 5.10 Å². The van der Waals surface area contributed by atoms with Gasteiger partial charge in [0, 0.05) is 11.3 Å². The Balaban J connectivity index is 1.83. The van der Waals surface area contributed by atoms with Crippen LogP contribution < -0.4 is 0 Å². The molecule has 0 atom stereocenters. The predicted octanol–water partition coefficient (Wildman–Crippen LogP) is 1.41. The molecule has 1 aliphatic carbocycles. The van der Waals surface area contributed by atoms with Crippen LogP contribution in [0.15, 0.2) is 22.8 Å². The van der Waals surface area contributed by atoms with Crippen molar-refractivity contribution in [1.29, 1.82) is 0 Å². The smallest absolute Gasteiger partial charge is 0.217 e. The third-order valence-corrected chi connectivity index (χ3v) is 3.74. The van der Waals surface area contributed by atoms with Gasteiger partial charge in [0.15, 0.2) is 11.6 Å². The van der Waals surface area contributed by atoms with Gasteiger partial charge < -0.3 is 9.52 Å². The van der Waals surface area contributed by atoms with Gasteiger partial charge in [-0.1, -0.05) is 0 Å². The third-order valence-electron chi connectivity index (χ3n) is 3.74. The van der Waals surface area contributed by atoms with Gasteiger partial charge >= 0.3 is 0 Å². The highest BCUT2D eigenvalue weighted by atomic mass is 16.3. The molecule has 0 bridgehead atoms. The van der Waals surface area contributed by atoms with E-state index in [0.717, 1.165) is 25.0 Å². The van der Waals surface area contributed by atoms with Gasteiger partial charge in [-0.05, 0) is 31.4 Å². The van der Waals surface area contributed by atoms with E-state index < -0.39 is 0 Å². The monoisotopic (exact) mass is 285 g/mol. The molecule has 0 spiro atoms. The number of hydrogen-bond acceptors (Lipinski definition) is 5. The number of aliphatic hydroxyl groups is 1. The molecule has 0 aliphatic heterocycles. The highest BCUT2D eigenvalue weighted by Gasteiger charge is 2.24. The summed E-state index contributed by atoms with van der Waals surface area (Å²) in [6.07, 6.45) is 4.76. The molecule has 0 aromatic carbocycles. The lowest BCUT2D eigenvalue weighted by Crippen LogP contribution is -2.07. The number of H-pyrrole nitrogens is 1. The van der Waals surface area contributed by atoms with E-state index in [4.69, 9.17) is 4.42 Å². The molecule has 3 heterocycles. The fraction of sp³-hybridized carbons (Fsp3) is 0.357. The summed E-state index contributed by atoms with van der Waals surface area (Å²) in [5.74, 6) is 1.80. The van der Waals surface area contributed by atoms with Crippen molar-refractivity contribution in [3.8, 4) is 23.1 Å². The Labute approximate surface area is 120 Å². The summed E-state index contributed by atoms with van der Waals surface area (Å²) in [5.41, 5.74) is 3.23. The Bertz CT molecular complexity index is 757. The Kier molecular flexibility index (Phi) is 2.85. The van der Waals surface area contributed by atoms with Crippen LogP contribution in [0, 0.1) is 0 Å². The molecule has 4 rings (SSSR count). The van der Waals surface area contributed by atoms with E-state index in [2.05, 4.69) is 20.3 Å². The second kappa shape index (κ2) is 4.85. The Hall–Kier alpha value is -2.41. The molecule has 0 saturated carbocycles. The van der Waals surface area contributed by atoms with E-state index in [1.807, 2.05) is 6.07 Å². The first kappa shape index (κ1) is 12.3. The quantitative estimate of drug-likeness (QED) is 0.756. The van der Waals surface area contributed by atoms with Crippen LogP contribution in [0.1, 0.15) is 17.7 Å². The molecule has 1 aliphatic rings. The van der Waals surface area contributed by atoms with E-state index in [1.165, 1.54) is 11.3 Å². The number of aliphatic hydroxyl groups excluding tert-OH is 1. The molecule has 2 N–H and O–H groups in total. The summed E-state index contributed by atoms with van der Waals surface area (Å²) in [6.45, 7) is 0.380. The number of furan rings is 1. The normalized spacial score (nSPS) is 13.8. The van der Waals surface area contributed by atoms with Crippen molar-refractivity contribution in [2.24, 2.45) is 0 Å². The second-order valence-corrected chi connectivity index (χ2v) is 5.07. The maximum absolute atomic E-state index is 9.23. The summed E-state index contributed by atoms with van der Waals surface area (Å²) in [4.78, 5) is 4.56. The fourth-order valence-electron chi connectivity index (χ4n) is 2.78. The van der Waals surface area contributed by atoms with Crippen LogP contribution in [0.25, 0.3) is 23.1 Å². The van der Waals surface area contributed by atoms with Crippen molar-refractivity contribution in [2.75, 3.05) is 6.61 Å². The highest BCUT2D eigenvalue weighted by molar-refractivity contribution is 5.60. The predicted molar refractivity (Wildman–Crippen MR) is 74.4 cm³/mol. The average Bonchev–Trinajstić information content (AvgIpc) is 3.23. The number of nitrogens with zero attached hydrogens (tertiary/aromatic N) is 4. The molecule has 7 heteroatoms. The number of fused-ring (bicyclic) bond motifs is 1. The second-order valence-electron chi connectivity index (χ2n) is 5.07. The van der Waals surface area contributed by atoms with Crippen LogP contribution in [0.3, 0.4) is 0 Å². The molecular formula is C14H15N5O2. The number of hydrogen-bond donors (Lipinski definition) is 2. The third kappa shape index (κ3) is 1.97. The van der Waals surface area contributed by atoms with E-state index in [9.17, 15) is 5.11 Å². The van der Waals surface area contributed by atoms with E-state index in [0.29, 0.717) is 24.0 Å². The maximum atomic E-state index is 9.23. The van der Waals surface area contributed by atoms with Crippen LogP contribution in [0.2, 0.25) is 0 Å². The van der Waals surface area contributed by atoms with Crippen LogP contribution in [0.4, 0.5) is 0 Å². The van der Waals surface area contributed by atoms with Gasteiger partial charge in [-0.15, -0.1) is 5.10 Å². The van der Waals surface area contributed by atoms with Crippen molar-refractivity contribution in [1.82, 2.24) is 25.0 Å². The van der Waals surface area contributed by atoms with E-state index in [1.54, 1.807) is 17.0 Å². The first-order valence-corrected chi connectivity index (χ1v) is 7.03. The van der Waals surface area contributed by atoms with Crippen LogP contribution in [-0.2, 0) is 19.4 Å². The lowest BCUT2D eigenvalue weighted by atomic mass is 10.2. The fourth-order valence-corrected chi connectivity index (χ4v) is 2.78. The van der Waals surface area contributed by atoms with Gasteiger partial charge in [0.05, 0.1) is 19.4 Å². The minimum atomic E-state index is 0.000564. The van der Waals surface area contributed by atoms with Gasteiger partial charge in [0.25, 0.3) is 0 Å². The number of aryl methyl sites for hydroxylation is 1. The summed E-state index contributed by atoms with van der Waals surface area (Å²) < 4.78 is 7.03. The molecule has 3 aromatic heterocycles. The zero-order valence-corrected chi connectivity index (χ0v) is 11.4. The topological polar surface area (TPSA) is 92.8 Å². The van der Waals surface area contributed by atoms with Crippen molar-refractivity contribution in [3.63, 3.8) is 0 Å². The zero-order valence-electron chi connectivity index (χ0n) is 11.4. The van der Waals surface area contributed by atoms with Crippen LogP contribution in [0.5, 0.6) is 0 Å². The zero-order chi connectivity index (χ0) is 14.2. The van der Waals surface area contributed by atoms with Gasteiger partial charge in [-0.25, -0.2) is 9.67 Å². The Morgan fingerprint density at radius 2 is 2.33 bits per heavy atom. The van der Waals surface area contributed by atoms with Gasteiger partial charge in [0.1, 0.15) is 5.69 Å². The standard InChI is InChI=1S/C14H15N5O2/c20-7-6-19-14(12-9-3-1-4-10(9)16-17-12)15-13(18-19)11-5-2-8-21-11/h2,5,8,20H,1,3-4,6-7H2,(H,16,17). The lowest BCUT2D eigenvalue weighted by molar-refractivity contribution is 0.270. The number of aromatic nitrogens is 5. The molecule has 0 fully saturated rings. The first-order chi connectivity index (χ1) is 10.4. The molecular weight excluding hydrogens is 270 g/mol. The van der Waals surface area contributed by atoms with Crippen molar-refractivity contribution in [3.05, 3.63) is 29.7 Å². The first-order valence-electron chi connectivity index (χ1n) is 7.03. The Morgan fingerprint density at radius 3 is 3.14 bits per heavy atom. The molecule has 0 radical (unpaired) electrons. The van der Waals surface area contributed by atoms with Crippen LogP contribution >= 0.6 is 0 Å². The van der Waals surface area contributed by atoms with Gasteiger partial charge in [0.2, 0.25) is 5.82 Å². The number of rotatable bonds is 4. The molecule has 0 saturated heterocycles. The minimum Gasteiger partial charge on any atom is -0.461 e. The average molecular weight is 285 g/mol. The number of aromatic amines is 1. The molecule has 21 heavy (non-hydrogen) atoms. The summed E-state index contributed by atoms with van der Waals surface area (Å²) >= 11 is 0. The Morgan fingerprint density at radius 1 is 1.38 bits per heavy atom. The maximum Gasteiger partial charge on any atom is 0.217 e. The molecule has 0 unspecified atom stereocenters. The molecule has 0 amide bonds. The number of nitrogens with one attached hydrogen (secondary N) is 1. The van der Waals surface area contributed by atoms with E-state index in [-0.39, 0.29) is 6.61 Å². The molecule has 108 valence electrons. The molecule has 3 aromatic rings. The van der Waals surface area contributed by atoms with Crippen molar-refractivity contribution < 1.29 is 9.52 Å². The minimum absolute atomic E-state index is 0.000564. The summed E-state index contributed by atoms with van der Waals surface area (Å²) in [6, 6.07) is 3.62. The summed E-state index contributed by atoms with van der Waals surface area (Å²) in [5, 5.41) is 21.1. The van der Waals surface area contributed by atoms with Crippen molar-refractivity contribution in [2.45, 2.75) is 25.8 Å². The van der Waals surface area contributed by atoms with Crippen molar-refractivity contribution >= 4 is 0 Å². The lowest BCUT2D eigenvalue weighted by Gasteiger charge is -2.02. The van der Waals surface area contributed by atoms with E-state index >= 15 is 0 Å². The largest absolute Gasteiger partial charge is 0.461 e. The molecule has 7 nitrogen and oxygen atoms in total. The SMILES string of the molecule is OCCn1nc(-c2ccco2)nc1-c1n[nH]c2c1CCC2. The highest BCUT2D eigenvalue weighted by Crippen LogP contribution is 2.30. The van der Waals surface area contributed by atoms with Crippen LogP contribution in [-0.4, -0.2) is 36.7 Å². The van der Waals surface area contributed by atoms with Gasteiger partial charge in [-0.3, -0.25) is 5.10 Å². The summed E-state index contributed by atoms with van der Waals surface area (Å²) in [7, 11) is 0.